The number of rotatable bonds is 4. The number of hydrogen-bond donors (Lipinski definition) is 1. The second kappa shape index (κ2) is 5.49. The van der Waals surface area contributed by atoms with E-state index in [0.29, 0.717) is 18.0 Å². The van der Waals surface area contributed by atoms with Crippen LogP contribution < -0.4 is 10.1 Å². The highest BCUT2D eigenvalue weighted by Crippen LogP contribution is 2.21. The average molecular weight is 246 g/mol. The monoisotopic (exact) mass is 246 g/mol. The zero-order valence-corrected chi connectivity index (χ0v) is 10.4. The number of hydrogen-bond acceptors (Lipinski definition) is 3. The Kier molecular flexibility index (Phi) is 3.77. The minimum Gasteiger partial charge on any atom is -0.497 e. The molecule has 0 amide bonds. The van der Waals surface area contributed by atoms with E-state index in [0.717, 1.165) is 11.3 Å². The van der Waals surface area contributed by atoms with Crippen LogP contribution in [0.1, 0.15) is 11.3 Å². The number of benzene rings is 1. The van der Waals surface area contributed by atoms with Crippen molar-refractivity contribution in [1.82, 2.24) is 4.98 Å². The molecule has 94 valence electrons. The molecule has 4 heteroatoms. The predicted octanol–water partition coefficient (Wildman–Crippen LogP) is 3.15. The molecule has 0 aliphatic rings. The molecule has 0 aliphatic heterocycles. The smallest absolute Gasteiger partial charge is 0.146 e. The quantitative estimate of drug-likeness (QED) is 0.899. The zero-order chi connectivity index (χ0) is 13.0. The molecule has 3 nitrogen and oxygen atoms in total. The molecule has 0 bridgehead atoms. The number of halogens is 1. The van der Waals surface area contributed by atoms with Gasteiger partial charge in [0, 0.05) is 24.5 Å². The molecule has 0 spiro atoms. The first-order chi connectivity index (χ1) is 8.69. The Morgan fingerprint density at radius 1 is 1.28 bits per heavy atom. The van der Waals surface area contributed by atoms with E-state index in [1.807, 2.05) is 19.1 Å². The van der Waals surface area contributed by atoms with Gasteiger partial charge in [-0.1, -0.05) is 6.07 Å². The zero-order valence-electron chi connectivity index (χ0n) is 10.4. The Balaban J connectivity index is 2.07. The number of ether oxygens (including phenoxy) is 1. The van der Waals surface area contributed by atoms with Gasteiger partial charge in [-0.2, -0.15) is 0 Å². The Labute approximate surface area is 106 Å². The van der Waals surface area contributed by atoms with E-state index in [2.05, 4.69) is 10.3 Å². The lowest BCUT2D eigenvalue weighted by atomic mass is 10.2. The van der Waals surface area contributed by atoms with E-state index in [9.17, 15) is 4.39 Å². The molecule has 0 radical (unpaired) electrons. The number of nitrogens with zero attached hydrogens (tertiary/aromatic N) is 1. The lowest BCUT2D eigenvalue weighted by Crippen LogP contribution is -2.02. The van der Waals surface area contributed by atoms with Crippen molar-refractivity contribution >= 4 is 5.69 Å². The summed E-state index contributed by atoms with van der Waals surface area (Å²) in [6, 6.07) is 8.51. The molecule has 0 saturated heterocycles. The molecule has 0 fully saturated rings. The van der Waals surface area contributed by atoms with E-state index in [-0.39, 0.29) is 5.82 Å². The maximum atomic E-state index is 13.5. The van der Waals surface area contributed by atoms with Crippen molar-refractivity contribution in [2.75, 3.05) is 12.4 Å². The summed E-state index contributed by atoms with van der Waals surface area (Å²) in [5, 5.41) is 3.03. The van der Waals surface area contributed by atoms with E-state index in [1.54, 1.807) is 25.4 Å². The Hall–Kier alpha value is -2.10. The highest BCUT2D eigenvalue weighted by molar-refractivity contribution is 5.49. The molecule has 2 rings (SSSR count). The van der Waals surface area contributed by atoms with E-state index < -0.39 is 0 Å². The second-order valence-electron chi connectivity index (χ2n) is 4.01. The molecule has 0 aliphatic carbocycles. The largest absolute Gasteiger partial charge is 0.497 e. The number of aryl methyl sites for hydroxylation is 1. The Morgan fingerprint density at radius 3 is 2.78 bits per heavy atom. The summed E-state index contributed by atoms with van der Waals surface area (Å²) in [5.74, 6) is 0.330. The van der Waals surface area contributed by atoms with E-state index in [1.165, 1.54) is 6.07 Å². The van der Waals surface area contributed by atoms with Crippen LogP contribution in [0.15, 0.2) is 36.5 Å². The van der Waals surface area contributed by atoms with Gasteiger partial charge in [0.05, 0.1) is 12.8 Å². The molecular weight excluding hydrogens is 231 g/mol. The highest BCUT2D eigenvalue weighted by Gasteiger charge is 2.03. The minimum atomic E-state index is -0.295. The molecular formula is C14H15FN2O. The van der Waals surface area contributed by atoms with Crippen molar-refractivity contribution < 1.29 is 9.13 Å². The van der Waals surface area contributed by atoms with Crippen LogP contribution in [0.5, 0.6) is 5.75 Å². The van der Waals surface area contributed by atoms with Crippen LogP contribution in [-0.4, -0.2) is 12.1 Å². The lowest BCUT2D eigenvalue weighted by Gasteiger charge is -2.09. The third kappa shape index (κ3) is 2.97. The summed E-state index contributed by atoms with van der Waals surface area (Å²) in [6.07, 6.45) is 1.78. The normalized spacial score (nSPS) is 10.2. The Morgan fingerprint density at radius 2 is 2.11 bits per heavy atom. The topological polar surface area (TPSA) is 34.1 Å². The van der Waals surface area contributed by atoms with Crippen molar-refractivity contribution in [2.45, 2.75) is 13.5 Å². The number of anilines is 1. The fourth-order valence-corrected chi connectivity index (χ4v) is 1.57. The van der Waals surface area contributed by atoms with Gasteiger partial charge in [0.1, 0.15) is 11.6 Å². The summed E-state index contributed by atoms with van der Waals surface area (Å²) in [5.41, 5.74) is 2.39. The van der Waals surface area contributed by atoms with Crippen LogP contribution >= 0.6 is 0 Å². The summed E-state index contributed by atoms with van der Waals surface area (Å²) in [6.45, 7) is 2.45. The fraction of sp³-hybridized carbons (Fsp3) is 0.214. The van der Waals surface area contributed by atoms with E-state index in [4.69, 9.17) is 4.74 Å². The van der Waals surface area contributed by atoms with Gasteiger partial charge in [0.2, 0.25) is 0 Å². The molecule has 0 atom stereocenters. The SMILES string of the molecule is COc1ccc(F)c(NCc2ccc(C)nc2)c1. The summed E-state index contributed by atoms with van der Waals surface area (Å²) in [7, 11) is 1.56. The summed E-state index contributed by atoms with van der Waals surface area (Å²) in [4.78, 5) is 4.19. The first-order valence-electron chi connectivity index (χ1n) is 5.68. The maximum absolute atomic E-state index is 13.5. The predicted molar refractivity (Wildman–Crippen MR) is 69.3 cm³/mol. The minimum absolute atomic E-state index is 0.295. The van der Waals surface area contributed by atoms with Crippen LogP contribution in [0.3, 0.4) is 0 Å². The van der Waals surface area contributed by atoms with E-state index >= 15 is 0 Å². The van der Waals surface area contributed by atoms with Crippen molar-refractivity contribution in [3.63, 3.8) is 0 Å². The molecule has 1 heterocycles. The summed E-state index contributed by atoms with van der Waals surface area (Å²) < 4.78 is 18.6. The molecule has 0 saturated carbocycles. The van der Waals surface area contributed by atoms with Crippen LogP contribution in [0.2, 0.25) is 0 Å². The van der Waals surface area contributed by atoms with Gasteiger partial charge in [0.25, 0.3) is 0 Å². The third-order valence-corrected chi connectivity index (χ3v) is 2.63. The number of methoxy groups -OCH3 is 1. The van der Waals surface area contributed by atoms with Crippen molar-refractivity contribution in [2.24, 2.45) is 0 Å². The van der Waals surface area contributed by atoms with Crippen molar-refractivity contribution in [3.05, 3.63) is 53.6 Å². The van der Waals surface area contributed by atoms with Gasteiger partial charge in [-0.05, 0) is 30.7 Å². The van der Waals surface area contributed by atoms with Gasteiger partial charge >= 0.3 is 0 Å². The number of pyridine rings is 1. The fourth-order valence-electron chi connectivity index (χ4n) is 1.57. The first-order valence-corrected chi connectivity index (χ1v) is 5.68. The maximum Gasteiger partial charge on any atom is 0.146 e. The van der Waals surface area contributed by atoms with Gasteiger partial charge < -0.3 is 10.1 Å². The van der Waals surface area contributed by atoms with Crippen LogP contribution in [0.4, 0.5) is 10.1 Å². The second-order valence-corrected chi connectivity index (χ2v) is 4.01. The molecule has 1 N–H and O–H groups in total. The standard InChI is InChI=1S/C14H15FN2O/c1-10-3-4-11(8-16-10)9-17-14-7-12(18-2)5-6-13(14)15/h3-8,17H,9H2,1-2H3. The molecule has 2 aromatic rings. The van der Waals surface area contributed by atoms with Crippen LogP contribution in [-0.2, 0) is 6.54 Å². The molecule has 18 heavy (non-hydrogen) atoms. The van der Waals surface area contributed by atoms with Gasteiger partial charge in [-0.15, -0.1) is 0 Å². The highest BCUT2D eigenvalue weighted by atomic mass is 19.1. The molecule has 1 aromatic heterocycles. The first kappa shape index (κ1) is 12.4. The number of aromatic nitrogens is 1. The third-order valence-electron chi connectivity index (χ3n) is 2.63. The number of nitrogens with one attached hydrogen (secondary N) is 1. The Bertz CT molecular complexity index is 526. The lowest BCUT2D eigenvalue weighted by molar-refractivity contribution is 0.414. The van der Waals surface area contributed by atoms with Crippen molar-refractivity contribution in [1.29, 1.82) is 0 Å². The van der Waals surface area contributed by atoms with Gasteiger partial charge in [-0.25, -0.2) is 4.39 Å². The van der Waals surface area contributed by atoms with Gasteiger partial charge in [-0.3, -0.25) is 4.98 Å². The van der Waals surface area contributed by atoms with Gasteiger partial charge in [0.15, 0.2) is 0 Å². The van der Waals surface area contributed by atoms with Crippen LogP contribution in [0.25, 0.3) is 0 Å². The average Bonchev–Trinajstić information content (AvgIpc) is 2.40. The molecule has 0 unspecified atom stereocenters. The summed E-state index contributed by atoms with van der Waals surface area (Å²) >= 11 is 0. The van der Waals surface area contributed by atoms with Crippen molar-refractivity contribution in [3.8, 4) is 5.75 Å². The molecule has 1 aromatic carbocycles. The van der Waals surface area contributed by atoms with Crippen LogP contribution in [0, 0.1) is 12.7 Å².